The number of benzene rings is 2. The number of hydrogen-bond acceptors (Lipinski definition) is 5. The molecule has 0 bridgehead atoms. The highest BCUT2D eigenvalue weighted by Crippen LogP contribution is 2.42. The number of hydrogen-bond donors (Lipinski definition) is 0. The highest BCUT2D eigenvalue weighted by molar-refractivity contribution is 6.31. The maximum Gasteiger partial charge on any atom is 0.260 e. The molecule has 0 fully saturated rings. The molecular weight excluding hydrogens is 372 g/mol. The third-order valence-corrected chi connectivity index (χ3v) is 4.66. The smallest absolute Gasteiger partial charge is 0.260 e. The molecule has 1 aliphatic heterocycles. The molecule has 2 amide bonds. The summed E-state index contributed by atoms with van der Waals surface area (Å²) in [6.45, 7) is -0.139. The molecule has 27 heavy (non-hydrogen) atoms. The summed E-state index contributed by atoms with van der Waals surface area (Å²) in [7, 11) is 6.09. The third-order valence-electron chi connectivity index (χ3n) is 4.42. The lowest BCUT2D eigenvalue weighted by molar-refractivity contribution is -0.116. The molecule has 0 unspecified atom stereocenters. The fourth-order valence-corrected chi connectivity index (χ4v) is 3.17. The number of likely N-dealkylation sites (N-methyl/N-ethyl adjacent to an activating group) is 1. The van der Waals surface area contributed by atoms with Gasteiger partial charge < -0.3 is 19.1 Å². The van der Waals surface area contributed by atoms with E-state index >= 15 is 0 Å². The standard InChI is InChI=1S/C19H19ClN2O5/c1-21-14-6-5-11(20)7-13(14)19(24)22(10-17(21)23)12-8-15(25-2)18(27-4)16(9-12)26-3/h5-9H,10H2,1-4H3. The van der Waals surface area contributed by atoms with E-state index in [-0.39, 0.29) is 18.4 Å². The Morgan fingerprint density at radius 3 is 2.15 bits per heavy atom. The van der Waals surface area contributed by atoms with Gasteiger partial charge in [-0.15, -0.1) is 0 Å². The van der Waals surface area contributed by atoms with E-state index in [1.165, 1.54) is 31.1 Å². The molecule has 0 atom stereocenters. The van der Waals surface area contributed by atoms with Gasteiger partial charge in [-0.2, -0.15) is 0 Å². The summed E-state index contributed by atoms with van der Waals surface area (Å²) in [6.07, 6.45) is 0. The minimum absolute atomic E-state index is 0.139. The molecule has 0 saturated heterocycles. The maximum atomic E-state index is 13.2. The summed E-state index contributed by atoms with van der Waals surface area (Å²) >= 11 is 6.08. The first kappa shape index (κ1) is 18.8. The van der Waals surface area contributed by atoms with Crippen LogP contribution in [0.1, 0.15) is 10.4 Å². The van der Waals surface area contributed by atoms with Crippen molar-refractivity contribution in [3.8, 4) is 17.2 Å². The number of amides is 2. The summed E-state index contributed by atoms with van der Waals surface area (Å²) < 4.78 is 16.0. The second-order valence-electron chi connectivity index (χ2n) is 5.89. The van der Waals surface area contributed by atoms with E-state index in [9.17, 15) is 9.59 Å². The zero-order valence-corrected chi connectivity index (χ0v) is 16.2. The van der Waals surface area contributed by atoms with Gasteiger partial charge in [0.25, 0.3) is 5.91 Å². The maximum absolute atomic E-state index is 13.2. The Labute approximate surface area is 162 Å². The van der Waals surface area contributed by atoms with Gasteiger partial charge in [-0.25, -0.2) is 0 Å². The van der Waals surface area contributed by atoms with Gasteiger partial charge in [-0.1, -0.05) is 11.6 Å². The molecule has 142 valence electrons. The molecule has 2 aromatic carbocycles. The molecule has 0 N–H and O–H groups in total. The molecule has 0 saturated carbocycles. The summed E-state index contributed by atoms with van der Waals surface area (Å²) in [4.78, 5) is 28.7. The molecule has 0 radical (unpaired) electrons. The second kappa shape index (κ2) is 7.36. The lowest BCUT2D eigenvalue weighted by Crippen LogP contribution is -2.37. The van der Waals surface area contributed by atoms with Crippen LogP contribution in [0.4, 0.5) is 11.4 Å². The molecule has 8 heteroatoms. The Morgan fingerprint density at radius 2 is 1.59 bits per heavy atom. The first-order chi connectivity index (χ1) is 12.9. The van der Waals surface area contributed by atoms with Crippen molar-refractivity contribution < 1.29 is 23.8 Å². The number of ether oxygens (including phenoxy) is 3. The molecule has 1 aliphatic rings. The van der Waals surface area contributed by atoms with Gasteiger partial charge in [-0.3, -0.25) is 14.5 Å². The first-order valence-corrected chi connectivity index (χ1v) is 8.47. The summed E-state index contributed by atoms with van der Waals surface area (Å²) in [6, 6.07) is 8.11. The number of methoxy groups -OCH3 is 3. The van der Waals surface area contributed by atoms with Crippen LogP contribution >= 0.6 is 11.6 Å². The van der Waals surface area contributed by atoms with Crippen molar-refractivity contribution in [2.45, 2.75) is 0 Å². The predicted octanol–water partition coefficient (Wildman–Crippen LogP) is 2.99. The van der Waals surface area contributed by atoms with Crippen molar-refractivity contribution in [2.24, 2.45) is 0 Å². The molecule has 1 heterocycles. The second-order valence-corrected chi connectivity index (χ2v) is 6.33. The van der Waals surface area contributed by atoms with E-state index in [4.69, 9.17) is 25.8 Å². The number of anilines is 2. The van der Waals surface area contributed by atoms with Crippen molar-refractivity contribution in [3.05, 3.63) is 40.9 Å². The zero-order chi connectivity index (χ0) is 19.7. The first-order valence-electron chi connectivity index (χ1n) is 8.09. The zero-order valence-electron chi connectivity index (χ0n) is 15.4. The molecule has 0 aliphatic carbocycles. The fraction of sp³-hybridized carbons (Fsp3) is 0.263. The van der Waals surface area contributed by atoms with Crippen LogP contribution in [0.3, 0.4) is 0 Å². The molecule has 7 nitrogen and oxygen atoms in total. The molecule has 2 aromatic rings. The lowest BCUT2D eigenvalue weighted by Gasteiger charge is -2.22. The SMILES string of the molecule is COc1cc(N2CC(=O)N(C)c3ccc(Cl)cc3C2=O)cc(OC)c1OC. The van der Waals surface area contributed by atoms with Gasteiger partial charge in [0.1, 0.15) is 6.54 Å². The van der Waals surface area contributed by atoms with E-state index < -0.39 is 0 Å². The molecule has 0 spiro atoms. The Kier molecular flexibility index (Phi) is 5.14. The highest BCUT2D eigenvalue weighted by atomic mass is 35.5. The van der Waals surface area contributed by atoms with Crippen molar-refractivity contribution in [3.63, 3.8) is 0 Å². The van der Waals surface area contributed by atoms with Crippen LogP contribution in [0, 0.1) is 0 Å². The van der Waals surface area contributed by atoms with Crippen molar-refractivity contribution >= 4 is 34.8 Å². The number of fused-ring (bicyclic) bond motifs is 1. The van der Waals surface area contributed by atoms with Crippen LogP contribution in [-0.2, 0) is 4.79 Å². The van der Waals surface area contributed by atoms with E-state index in [1.54, 1.807) is 37.4 Å². The van der Waals surface area contributed by atoms with Gasteiger partial charge >= 0.3 is 0 Å². The number of halogens is 1. The molecule has 0 aromatic heterocycles. The van der Waals surface area contributed by atoms with Crippen LogP contribution in [-0.4, -0.2) is 46.7 Å². The van der Waals surface area contributed by atoms with Gasteiger partial charge in [0, 0.05) is 24.2 Å². The minimum Gasteiger partial charge on any atom is -0.493 e. The van der Waals surface area contributed by atoms with Crippen LogP contribution < -0.4 is 24.0 Å². The highest BCUT2D eigenvalue weighted by Gasteiger charge is 2.32. The van der Waals surface area contributed by atoms with Crippen molar-refractivity contribution in [1.82, 2.24) is 0 Å². The third kappa shape index (κ3) is 3.26. The Hall–Kier alpha value is -2.93. The van der Waals surface area contributed by atoms with E-state index in [1.807, 2.05) is 0 Å². The minimum atomic E-state index is -0.348. The van der Waals surface area contributed by atoms with Crippen molar-refractivity contribution in [2.75, 3.05) is 44.7 Å². The molecular formula is C19H19ClN2O5. The number of rotatable bonds is 4. The Balaban J connectivity index is 2.17. The van der Waals surface area contributed by atoms with Crippen molar-refractivity contribution in [1.29, 1.82) is 0 Å². The van der Waals surface area contributed by atoms with Crippen LogP contribution in [0.25, 0.3) is 0 Å². The van der Waals surface area contributed by atoms with Crippen LogP contribution in [0.5, 0.6) is 17.2 Å². The Bertz CT molecular complexity index is 890. The lowest BCUT2D eigenvalue weighted by atomic mass is 10.1. The number of nitrogens with zero attached hydrogens (tertiary/aromatic N) is 2. The number of carbonyl (C=O) groups is 2. The fourth-order valence-electron chi connectivity index (χ4n) is 3.00. The quantitative estimate of drug-likeness (QED) is 0.802. The average Bonchev–Trinajstić information content (AvgIpc) is 2.77. The van der Waals surface area contributed by atoms with E-state index in [2.05, 4.69) is 0 Å². The van der Waals surface area contributed by atoms with Gasteiger partial charge in [0.2, 0.25) is 11.7 Å². The topological polar surface area (TPSA) is 68.3 Å². The summed E-state index contributed by atoms with van der Waals surface area (Å²) in [5, 5.41) is 0.412. The summed E-state index contributed by atoms with van der Waals surface area (Å²) in [5.74, 6) is 0.586. The monoisotopic (exact) mass is 390 g/mol. The Morgan fingerprint density at radius 1 is 0.963 bits per heavy atom. The van der Waals surface area contributed by atoms with Gasteiger partial charge in [0.15, 0.2) is 11.5 Å². The van der Waals surface area contributed by atoms with Crippen LogP contribution in [0.15, 0.2) is 30.3 Å². The van der Waals surface area contributed by atoms with E-state index in [0.29, 0.717) is 39.2 Å². The largest absolute Gasteiger partial charge is 0.493 e. The van der Waals surface area contributed by atoms with Crippen LogP contribution in [0.2, 0.25) is 5.02 Å². The summed E-state index contributed by atoms with van der Waals surface area (Å²) in [5.41, 5.74) is 1.29. The average molecular weight is 391 g/mol. The normalized spacial score (nSPS) is 14.0. The van der Waals surface area contributed by atoms with Gasteiger partial charge in [0.05, 0.1) is 38.3 Å². The molecule has 3 rings (SSSR count). The van der Waals surface area contributed by atoms with Gasteiger partial charge in [-0.05, 0) is 18.2 Å². The van der Waals surface area contributed by atoms with E-state index in [0.717, 1.165) is 0 Å². The number of carbonyl (C=O) groups excluding carboxylic acids is 2. The predicted molar refractivity (Wildman–Crippen MR) is 103 cm³/mol.